The van der Waals surface area contributed by atoms with Crippen molar-refractivity contribution in [3.63, 3.8) is 0 Å². The number of hydrogen-bond acceptors (Lipinski definition) is 0. The summed E-state index contributed by atoms with van der Waals surface area (Å²) < 4.78 is 185. The minimum Gasteiger partial charge on any atom is -0.203 e. The molecular formula is C29H16F12. The van der Waals surface area contributed by atoms with Crippen LogP contribution in [0.2, 0.25) is 0 Å². The van der Waals surface area contributed by atoms with Crippen LogP contribution in [0, 0.1) is 97.5 Å². The second-order valence-electron chi connectivity index (χ2n) is 9.33. The van der Waals surface area contributed by atoms with Crippen LogP contribution in [0.4, 0.5) is 52.7 Å². The van der Waals surface area contributed by atoms with Crippen LogP contribution in [0.1, 0.15) is 44.5 Å². The van der Waals surface area contributed by atoms with Crippen LogP contribution in [0.25, 0.3) is 0 Å². The van der Waals surface area contributed by atoms with Crippen molar-refractivity contribution in [1.29, 1.82) is 0 Å². The van der Waals surface area contributed by atoms with E-state index >= 15 is 52.7 Å². The van der Waals surface area contributed by atoms with Crippen molar-refractivity contribution >= 4 is 0 Å². The molecule has 12 heteroatoms. The van der Waals surface area contributed by atoms with Gasteiger partial charge >= 0.3 is 0 Å². The second-order valence-corrected chi connectivity index (χ2v) is 9.33. The lowest BCUT2D eigenvalue weighted by Crippen LogP contribution is -2.40. The molecule has 0 fully saturated rings. The van der Waals surface area contributed by atoms with Crippen molar-refractivity contribution in [3.05, 3.63) is 139 Å². The summed E-state index contributed by atoms with van der Waals surface area (Å²) in [5.41, 5.74) is -16.3. The monoisotopic (exact) mass is 592 g/mol. The molecule has 0 heterocycles. The van der Waals surface area contributed by atoms with Gasteiger partial charge in [-0.2, -0.15) is 0 Å². The molecule has 0 atom stereocenters. The van der Waals surface area contributed by atoms with Crippen LogP contribution < -0.4 is 0 Å². The topological polar surface area (TPSA) is 0 Å². The van der Waals surface area contributed by atoms with E-state index in [1.807, 2.05) is 0 Å². The Hall–Kier alpha value is -3.96. The van der Waals surface area contributed by atoms with Gasteiger partial charge in [0.1, 0.15) is 0 Å². The minimum atomic E-state index is -4.16. The third-order valence-corrected chi connectivity index (χ3v) is 7.12. The van der Waals surface area contributed by atoms with Crippen LogP contribution in [0.5, 0.6) is 0 Å². The summed E-state index contributed by atoms with van der Waals surface area (Å²) in [6.45, 7) is 2.63. The highest BCUT2D eigenvalue weighted by molar-refractivity contribution is 5.64. The third kappa shape index (κ3) is 3.93. The average molecular weight is 592 g/mol. The van der Waals surface area contributed by atoms with Gasteiger partial charge in [0.2, 0.25) is 0 Å². The summed E-state index contributed by atoms with van der Waals surface area (Å²) in [5, 5.41) is 0. The number of aryl methyl sites for hydroxylation is 1. The van der Waals surface area contributed by atoms with Gasteiger partial charge < -0.3 is 0 Å². The van der Waals surface area contributed by atoms with Gasteiger partial charge in [-0.05, 0) is 38.8 Å². The van der Waals surface area contributed by atoms with Crippen molar-refractivity contribution < 1.29 is 52.7 Å². The normalized spacial score (nSPS) is 11.9. The maximum Gasteiger partial charge on any atom is 0.167 e. The Bertz CT molecular complexity index is 1500. The zero-order valence-corrected chi connectivity index (χ0v) is 21.3. The summed E-state index contributed by atoms with van der Waals surface area (Å²) >= 11 is 0. The Morgan fingerprint density at radius 2 is 0.610 bits per heavy atom. The van der Waals surface area contributed by atoms with Gasteiger partial charge in [-0.3, -0.25) is 0 Å². The van der Waals surface area contributed by atoms with E-state index in [9.17, 15) is 0 Å². The summed E-state index contributed by atoms with van der Waals surface area (Å²) in [6.07, 6.45) is 0. The van der Waals surface area contributed by atoms with Gasteiger partial charge in [-0.15, -0.1) is 0 Å². The van der Waals surface area contributed by atoms with Crippen LogP contribution >= 0.6 is 0 Å². The molecule has 0 spiro atoms. The molecule has 0 saturated carbocycles. The van der Waals surface area contributed by atoms with Gasteiger partial charge in [0.05, 0.1) is 5.41 Å². The maximum atomic E-state index is 15.8. The van der Waals surface area contributed by atoms with Crippen molar-refractivity contribution in [2.45, 2.75) is 33.1 Å². The van der Waals surface area contributed by atoms with E-state index < -0.39 is 120 Å². The van der Waals surface area contributed by atoms with E-state index in [1.165, 1.54) is 6.07 Å². The molecule has 0 radical (unpaired) electrons. The molecule has 4 rings (SSSR count). The summed E-state index contributed by atoms with van der Waals surface area (Å²) in [5.74, 6) is -28.6. The van der Waals surface area contributed by atoms with Crippen molar-refractivity contribution in [2.24, 2.45) is 0 Å². The summed E-state index contributed by atoms with van der Waals surface area (Å²) in [7, 11) is 0. The van der Waals surface area contributed by atoms with Crippen molar-refractivity contribution in [1.82, 2.24) is 0 Å². The molecule has 216 valence electrons. The van der Waals surface area contributed by atoms with Gasteiger partial charge in [-0.1, -0.05) is 24.3 Å². The Kier molecular flexibility index (Phi) is 7.43. The maximum absolute atomic E-state index is 15.8. The van der Waals surface area contributed by atoms with Gasteiger partial charge in [0, 0.05) is 33.4 Å². The fourth-order valence-electron chi connectivity index (χ4n) is 4.98. The molecule has 0 aliphatic rings. The van der Waals surface area contributed by atoms with Crippen LogP contribution in [0.3, 0.4) is 0 Å². The molecule has 0 nitrogen and oxygen atoms in total. The molecule has 0 aromatic heterocycles. The standard InChI is InChI=1S/C29H16F12/c1-9-7-5-6-8-13(9)29(14-23(36)17(30)10(2)18(31)24(14)37,15-25(38)19(32)11(3)20(33)26(15)39)16-27(40)21(34)12(4)22(35)28(16)41/h5-8H,1-4H3. The lowest BCUT2D eigenvalue weighted by atomic mass is 9.62. The van der Waals surface area contributed by atoms with Gasteiger partial charge in [0.15, 0.2) is 69.8 Å². The molecule has 0 aliphatic heterocycles. The van der Waals surface area contributed by atoms with E-state index in [4.69, 9.17) is 0 Å². The highest BCUT2D eigenvalue weighted by Crippen LogP contribution is 2.53. The van der Waals surface area contributed by atoms with Gasteiger partial charge in [-0.25, -0.2) is 52.7 Å². The Labute approximate surface area is 224 Å². The highest BCUT2D eigenvalue weighted by atomic mass is 19.2. The Balaban J connectivity index is 2.59. The molecule has 0 saturated heterocycles. The second kappa shape index (κ2) is 10.1. The van der Waals surface area contributed by atoms with E-state index in [0.717, 1.165) is 19.1 Å². The highest BCUT2D eigenvalue weighted by Gasteiger charge is 2.54. The van der Waals surface area contributed by atoms with Crippen molar-refractivity contribution in [3.8, 4) is 0 Å². The molecule has 4 aromatic rings. The number of rotatable bonds is 4. The molecule has 41 heavy (non-hydrogen) atoms. The van der Waals surface area contributed by atoms with E-state index in [1.54, 1.807) is 0 Å². The van der Waals surface area contributed by atoms with E-state index in [0.29, 0.717) is 26.8 Å². The first kappa shape index (κ1) is 30.0. The number of halogens is 12. The molecule has 0 N–H and O–H groups in total. The first-order chi connectivity index (χ1) is 19.0. The fourth-order valence-corrected chi connectivity index (χ4v) is 4.98. The lowest BCUT2D eigenvalue weighted by Gasteiger charge is -2.39. The number of benzene rings is 4. The first-order valence-corrected chi connectivity index (χ1v) is 11.6. The smallest absolute Gasteiger partial charge is 0.167 e. The lowest BCUT2D eigenvalue weighted by molar-refractivity contribution is 0.370. The fraction of sp³-hybridized carbons (Fsp3) is 0.172. The molecular weight excluding hydrogens is 576 g/mol. The SMILES string of the molecule is Cc1ccccc1C(c1c(F)c(F)c(C)c(F)c1F)(c1c(F)c(F)c(C)c(F)c1F)c1c(F)c(F)c(C)c(F)c1F. The molecule has 0 aliphatic carbocycles. The zero-order valence-electron chi connectivity index (χ0n) is 21.3. The molecule has 0 bridgehead atoms. The summed E-state index contributed by atoms with van der Waals surface area (Å²) in [6, 6.07) is 3.86. The first-order valence-electron chi connectivity index (χ1n) is 11.6. The zero-order chi connectivity index (χ0) is 30.9. The average Bonchev–Trinajstić information content (AvgIpc) is 2.95. The summed E-state index contributed by atoms with van der Waals surface area (Å²) in [4.78, 5) is 0. The van der Waals surface area contributed by atoms with Crippen LogP contribution in [-0.2, 0) is 5.41 Å². The predicted octanol–water partition coefficient (Wildman–Crippen LogP) is 8.97. The van der Waals surface area contributed by atoms with E-state index in [2.05, 4.69) is 0 Å². The molecule has 4 aromatic carbocycles. The quantitative estimate of drug-likeness (QED) is 0.126. The Morgan fingerprint density at radius 1 is 0.366 bits per heavy atom. The molecule has 0 unspecified atom stereocenters. The third-order valence-electron chi connectivity index (χ3n) is 7.12. The van der Waals surface area contributed by atoms with Crippen LogP contribution in [-0.4, -0.2) is 0 Å². The number of hydrogen-bond donors (Lipinski definition) is 0. The van der Waals surface area contributed by atoms with E-state index in [-0.39, 0.29) is 0 Å². The predicted molar refractivity (Wildman–Crippen MR) is 123 cm³/mol. The largest absolute Gasteiger partial charge is 0.203 e. The Morgan fingerprint density at radius 3 is 0.854 bits per heavy atom. The van der Waals surface area contributed by atoms with Crippen molar-refractivity contribution in [2.75, 3.05) is 0 Å². The van der Waals surface area contributed by atoms with Crippen LogP contribution in [0.15, 0.2) is 24.3 Å². The molecule has 0 amide bonds. The van der Waals surface area contributed by atoms with Gasteiger partial charge in [0.25, 0.3) is 0 Å². The minimum absolute atomic E-state index is 0.395.